The number of carbonyl (C=O) groups is 1. The number of cyclic esters (lactones) is 1. The molecule has 0 aliphatic carbocycles. The molecule has 1 saturated heterocycles. The fraction of sp³-hybridized carbons (Fsp3) is 0.417. The molecule has 17 heavy (non-hydrogen) atoms. The van der Waals surface area contributed by atoms with E-state index in [-0.39, 0.29) is 12.7 Å². The highest BCUT2D eigenvalue weighted by Gasteiger charge is 2.27. The molecule has 0 aromatic heterocycles. The van der Waals surface area contributed by atoms with E-state index in [9.17, 15) is 4.79 Å². The maximum absolute atomic E-state index is 11.7. The second-order valence-corrected chi connectivity index (χ2v) is 4.92. The zero-order valence-electron chi connectivity index (χ0n) is 9.52. The molecule has 0 radical (unpaired) electrons. The Morgan fingerprint density at radius 2 is 2.35 bits per heavy atom. The lowest BCUT2D eigenvalue weighted by molar-refractivity contribution is 0.0453. The van der Waals surface area contributed by atoms with E-state index in [2.05, 4.69) is 15.9 Å². The molecule has 1 atom stereocenters. The predicted molar refractivity (Wildman–Crippen MR) is 68.2 cm³/mol. The average molecular weight is 300 g/mol. The topological polar surface area (TPSA) is 49.8 Å². The summed E-state index contributed by atoms with van der Waals surface area (Å²) in [5.41, 5.74) is 1.93. The molecule has 1 aliphatic heterocycles. The summed E-state index contributed by atoms with van der Waals surface area (Å²) in [5.74, 6) is 0. The second-order valence-electron chi connectivity index (χ2n) is 4.06. The summed E-state index contributed by atoms with van der Waals surface area (Å²) in [7, 11) is 0. The van der Waals surface area contributed by atoms with Gasteiger partial charge < -0.3 is 9.84 Å². The largest absolute Gasteiger partial charge is 0.443 e. The first kappa shape index (κ1) is 12.4. The summed E-state index contributed by atoms with van der Waals surface area (Å²) < 4.78 is 6.06. The number of amides is 1. The van der Waals surface area contributed by atoms with Crippen LogP contribution in [0.25, 0.3) is 0 Å². The minimum absolute atomic E-state index is 0.114. The monoisotopic (exact) mass is 299 g/mol. The van der Waals surface area contributed by atoms with E-state index in [1.54, 1.807) is 4.90 Å². The molecule has 2 rings (SSSR count). The zero-order valence-corrected chi connectivity index (χ0v) is 11.1. The number of aliphatic hydroxyl groups is 1. The first-order chi connectivity index (χ1) is 8.11. The molecule has 1 fully saturated rings. The Morgan fingerprint density at radius 3 is 2.94 bits per heavy atom. The van der Waals surface area contributed by atoms with E-state index in [0.29, 0.717) is 13.0 Å². The van der Waals surface area contributed by atoms with Crippen molar-refractivity contribution in [2.24, 2.45) is 0 Å². The molecule has 92 valence electrons. The van der Waals surface area contributed by atoms with Gasteiger partial charge in [0.1, 0.15) is 6.10 Å². The van der Waals surface area contributed by atoms with Crippen molar-refractivity contribution in [1.82, 2.24) is 0 Å². The number of aliphatic hydroxyl groups excluding tert-OH is 1. The van der Waals surface area contributed by atoms with E-state index in [1.165, 1.54) is 0 Å². The third-order valence-corrected chi connectivity index (χ3v) is 3.69. The van der Waals surface area contributed by atoms with E-state index in [4.69, 9.17) is 9.84 Å². The standard InChI is InChI=1S/C12H14BrNO3/c1-8-2-3-9(6-11(8)13)14-5-4-10(7-15)17-12(14)16/h2-3,6,10,15H,4-5,7H2,1H3. The smallest absolute Gasteiger partial charge is 0.414 e. The minimum atomic E-state index is -0.397. The molecule has 1 aliphatic rings. The Labute approximate surface area is 108 Å². The fourth-order valence-electron chi connectivity index (χ4n) is 1.74. The van der Waals surface area contributed by atoms with Crippen LogP contribution in [0.5, 0.6) is 0 Å². The Morgan fingerprint density at radius 1 is 1.59 bits per heavy atom. The van der Waals surface area contributed by atoms with E-state index in [1.807, 2.05) is 25.1 Å². The summed E-state index contributed by atoms with van der Waals surface area (Å²) in [6, 6.07) is 5.74. The van der Waals surface area contributed by atoms with Crippen LogP contribution in [0.4, 0.5) is 10.5 Å². The number of nitrogens with zero attached hydrogens (tertiary/aromatic N) is 1. The van der Waals surface area contributed by atoms with Gasteiger partial charge in [-0.15, -0.1) is 0 Å². The Bertz CT molecular complexity index is 436. The minimum Gasteiger partial charge on any atom is -0.443 e. The van der Waals surface area contributed by atoms with Crippen LogP contribution >= 0.6 is 15.9 Å². The highest BCUT2D eigenvalue weighted by molar-refractivity contribution is 9.10. The summed E-state index contributed by atoms with van der Waals surface area (Å²) in [5, 5.41) is 8.94. The Balaban J connectivity index is 2.17. The summed E-state index contributed by atoms with van der Waals surface area (Å²) in [6.07, 6.45) is -0.119. The normalized spacial score (nSPS) is 20.3. The van der Waals surface area contributed by atoms with Gasteiger partial charge in [-0.05, 0) is 24.6 Å². The van der Waals surface area contributed by atoms with Crippen molar-refractivity contribution < 1.29 is 14.6 Å². The maximum atomic E-state index is 11.7. The lowest BCUT2D eigenvalue weighted by Crippen LogP contribution is -2.43. The van der Waals surface area contributed by atoms with Gasteiger partial charge in [0.15, 0.2) is 0 Å². The lowest BCUT2D eigenvalue weighted by atomic mass is 10.2. The second kappa shape index (κ2) is 5.06. The van der Waals surface area contributed by atoms with Crippen molar-refractivity contribution >= 4 is 27.7 Å². The molecule has 1 unspecified atom stereocenters. The van der Waals surface area contributed by atoms with Gasteiger partial charge in [-0.1, -0.05) is 22.0 Å². The number of aryl methyl sites for hydroxylation is 1. The highest BCUT2D eigenvalue weighted by atomic mass is 79.9. The number of halogens is 1. The quantitative estimate of drug-likeness (QED) is 0.913. The molecule has 1 aromatic carbocycles. The summed E-state index contributed by atoms with van der Waals surface area (Å²) in [4.78, 5) is 13.3. The van der Waals surface area contributed by atoms with Crippen LogP contribution in [0.1, 0.15) is 12.0 Å². The first-order valence-corrected chi connectivity index (χ1v) is 6.26. The van der Waals surface area contributed by atoms with Gasteiger partial charge in [-0.2, -0.15) is 0 Å². The number of rotatable bonds is 2. The number of hydrogen-bond acceptors (Lipinski definition) is 3. The molecular weight excluding hydrogens is 286 g/mol. The van der Waals surface area contributed by atoms with E-state index >= 15 is 0 Å². The molecule has 0 spiro atoms. The van der Waals surface area contributed by atoms with Crippen LogP contribution in [0.15, 0.2) is 22.7 Å². The van der Waals surface area contributed by atoms with Crippen molar-refractivity contribution in [3.63, 3.8) is 0 Å². The van der Waals surface area contributed by atoms with Gasteiger partial charge in [0.25, 0.3) is 0 Å². The number of benzene rings is 1. The van der Waals surface area contributed by atoms with Crippen molar-refractivity contribution in [2.75, 3.05) is 18.1 Å². The number of carbonyl (C=O) groups excluding carboxylic acids is 1. The third kappa shape index (κ3) is 2.61. The van der Waals surface area contributed by atoms with E-state index in [0.717, 1.165) is 15.7 Å². The maximum Gasteiger partial charge on any atom is 0.414 e. The van der Waals surface area contributed by atoms with Gasteiger partial charge in [-0.25, -0.2) is 4.79 Å². The average Bonchev–Trinajstić information content (AvgIpc) is 2.32. The molecule has 1 aromatic rings. The van der Waals surface area contributed by atoms with Crippen molar-refractivity contribution in [3.05, 3.63) is 28.2 Å². The molecule has 4 nitrogen and oxygen atoms in total. The Kier molecular flexibility index (Phi) is 3.69. The molecule has 0 saturated carbocycles. The van der Waals surface area contributed by atoms with Crippen LogP contribution in [0.3, 0.4) is 0 Å². The number of anilines is 1. The summed E-state index contributed by atoms with van der Waals surface area (Å²) in [6.45, 7) is 2.45. The van der Waals surface area contributed by atoms with Crippen LogP contribution in [0.2, 0.25) is 0 Å². The number of hydrogen-bond donors (Lipinski definition) is 1. The fourth-order valence-corrected chi connectivity index (χ4v) is 2.11. The van der Waals surface area contributed by atoms with Gasteiger partial charge in [-0.3, -0.25) is 4.90 Å². The third-order valence-electron chi connectivity index (χ3n) is 2.83. The van der Waals surface area contributed by atoms with Gasteiger partial charge in [0.05, 0.1) is 6.61 Å². The van der Waals surface area contributed by atoms with E-state index < -0.39 is 6.09 Å². The molecule has 1 heterocycles. The molecule has 0 bridgehead atoms. The van der Waals surface area contributed by atoms with Gasteiger partial charge in [0.2, 0.25) is 0 Å². The molecule has 1 amide bonds. The van der Waals surface area contributed by atoms with Gasteiger partial charge in [0, 0.05) is 23.1 Å². The van der Waals surface area contributed by atoms with Crippen molar-refractivity contribution in [2.45, 2.75) is 19.4 Å². The van der Waals surface area contributed by atoms with Crippen LogP contribution in [0, 0.1) is 6.92 Å². The van der Waals surface area contributed by atoms with Crippen LogP contribution in [-0.2, 0) is 4.74 Å². The SMILES string of the molecule is Cc1ccc(N2CCC(CO)OC2=O)cc1Br. The van der Waals surface area contributed by atoms with Crippen molar-refractivity contribution in [1.29, 1.82) is 0 Å². The zero-order chi connectivity index (χ0) is 12.4. The van der Waals surface area contributed by atoms with Crippen LogP contribution < -0.4 is 4.90 Å². The lowest BCUT2D eigenvalue weighted by Gasteiger charge is -2.31. The van der Waals surface area contributed by atoms with Gasteiger partial charge >= 0.3 is 6.09 Å². The van der Waals surface area contributed by atoms with Crippen molar-refractivity contribution in [3.8, 4) is 0 Å². The molecule has 5 heteroatoms. The predicted octanol–water partition coefficient (Wildman–Crippen LogP) is 2.47. The first-order valence-electron chi connectivity index (χ1n) is 5.47. The van der Waals surface area contributed by atoms with Crippen LogP contribution in [-0.4, -0.2) is 30.5 Å². The molecular formula is C12H14BrNO3. The number of ether oxygens (including phenoxy) is 1. The molecule has 1 N–H and O–H groups in total. The Hall–Kier alpha value is -1.07. The highest BCUT2D eigenvalue weighted by Crippen LogP contribution is 2.26. The summed E-state index contributed by atoms with van der Waals surface area (Å²) >= 11 is 3.44.